The van der Waals surface area contributed by atoms with Crippen LogP contribution >= 0.6 is 22.7 Å². The number of hydrogen-bond acceptors (Lipinski definition) is 8. The zero-order valence-corrected chi connectivity index (χ0v) is 18.6. The lowest BCUT2D eigenvalue weighted by atomic mass is 10.1. The minimum Gasteiger partial charge on any atom is -0.495 e. The molecule has 1 aliphatic rings. The van der Waals surface area contributed by atoms with E-state index in [0.717, 1.165) is 58.7 Å². The van der Waals surface area contributed by atoms with Crippen molar-refractivity contribution >= 4 is 44.5 Å². The van der Waals surface area contributed by atoms with Gasteiger partial charge in [0, 0.05) is 12.0 Å². The zero-order valence-electron chi connectivity index (χ0n) is 16.9. The van der Waals surface area contributed by atoms with Crippen LogP contribution in [0.25, 0.3) is 10.6 Å². The van der Waals surface area contributed by atoms with E-state index >= 15 is 0 Å². The summed E-state index contributed by atoms with van der Waals surface area (Å²) in [5.74, 6) is 0.703. The molecule has 2 aromatic heterocycles. The number of para-hydroxylation sites is 2. The Morgan fingerprint density at radius 3 is 2.93 bits per heavy atom. The molecule has 3 aromatic rings. The summed E-state index contributed by atoms with van der Waals surface area (Å²) in [6.45, 7) is 2.67. The number of thiazole rings is 2. The first-order valence-corrected chi connectivity index (χ1v) is 11.6. The molecule has 0 radical (unpaired) electrons. The molecule has 0 aliphatic carbocycles. The molecule has 0 spiro atoms. The molecule has 0 saturated carbocycles. The summed E-state index contributed by atoms with van der Waals surface area (Å²) < 4.78 is 11.0. The zero-order chi connectivity index (χ0) is 20.9. The number of ether oxygens (including phenoxy) is 2. The number of nitrogens with one attached hydrogen (secondary N) is 2. The van der Waals surface area contributed by atoms with E-state index in [1.54, 1.807) is 7.11 Å². The first-order chi connectivity index (χ1) is 14.6. The third kappa shape index (κ3) is 4.97. The second-order valence-electron chi connectivity index (χ2n) is 7.04. The van der Waals surface area contributed by atoms with E-state index in [1.165, 1.54) is 22.7 Å². The topological polar surface area (TPSA) is 85.4 Å². The van der Waals surface area contributed by atoms with E-state index in [2.05, 4.69) is 20.6 Å². The number of carbonyl (C=O) groups is 1. The summed E-state index contributed by atoms with van der Waals surface area (Å²) >= 11 is 2.95. The monoisotopic (exact) mass is 444 g/mol. The standard InChI is InChI=1S/C21H24N4O3S2/c1-13-19(30-21(22-13)25-18(26)11-14-7-5-6-10-28-14)16-12-29-20(24-16)23-15-8-3-4-9-17(15)27-2/h3-4,8-9,12,14H,5-7,10-11H2,1-2H3,(H,23,24)(H,22,25,26)/t14-/m0/s1. The third-order valence-corrected chi connectivity index (χ3v) is 6.67. The number of methoxy groups -OCH3 is 1. The first kappa shape index (κ1) is 20.8. The highest BCUT2D eigenvalue weighted by atomic mass is 32.1. The fourth-order valence-corrected chi connectivity index (χ4v) is 5.06. The van der Waals surface area contributed by atoms with Gasteiger partial charge in [0.15, 0.2) is 10.3 Å². The Morgan fingerprint density at radius 1 is 1.27 bits per heavy atom. The van der Waals surface area contributed by atoms with E-state index in [4.69, 9.17) is 9.47 Å². The fourth-order valence-electron chi connectivity index (χ4n) is 3.33. The maximum atomic E-state index is 12.3. The molecular formula is C21H24N4O3S2. The average molecular weight is 445 g/mol. The van der Waals surface area contributed by atoms with Gasteiger partial charge >= 0.3 is 0 Å². The number of aryl methyl sites for hydroxylation is 1. The SMILES string of the molecule is COc1ccccc1Nc1nc(-c2sc(NC(=O)C[C@@H]3CCCCO3)nc2C)cs1. The van der Waals surface area contributed by atoms with Gasteiger partial charge in [0.1, 0.15) is 5.75 Å². The van der Waals surface area contributed by atoms with E-state index in [-0.39, 0.29) is 12.0 Å². The molecule has 1 amide bonds. The van der Waals surface area contributed by atoms with Gasteiger partial charge in [0.2, 0.25) is 5.91 Å². The summed E-state index contributed by atoms with van der Waals surface area (Å²) in [6.07, 6.45) is 3.53. The van der Waals surface area contributed by atoms with E-state index < -0.39 is 0 Å². The number of carbonyl (C=O) groups excluding carboxylic acids is 1. The second kappa shape index (κ2) is 9.55. The quantitative estimate of drug-likeness (QED) is 0.519. The Hall–Kier alpha value is -2.49. The molecule has 1 aliphatic heterocycles. The molecule has 9 heteroatoms. The van der Waals surface area contributed by atoms with Crippen molar-refractivity contribution in [2.24, 2.45) is 0 Å². The van der Waals surface area contributed by atoms with Crippen LogP contribution in [0.4, 0.5) is 16.0 Å². The molecule has 30 heavy (non-hydrogen) atoms. The number of hydrogen-bond donors (Lipinski definition) is 2. The highest BCUT2D eigenvalue weighted by Crippen LogP contribution is 2.36. The highest BCUT2D eigenvalue weighted by Gasteiger charge is 2.20. The van der Waals surface area contributed by atoms with Crippen molar-refractivity contribution in [2.75, 3.05) is 24.4 Å². The van der Waals surface area contributed by atoms with Gasteiger partial charge in [0.25, 0.3) is 0 Å². The molecule has 0 unspecified atom stereocenters. The van der Waals surface area contributed by atoms with Crippen LogP contribution < -0.4 is 15.4 Å². The van der Waals surface area contributed by atoms with E-state index in [0.29, 0.717) is 11.6 Å². The molecule has 1 aromatic carbocycles. The molecule has 4 rings (SSSR count). The lowest BCUT2D eigenvalue weighted by molar-refractivity contribution is -0.119. The predicted molar refractivity (Wildman–Crippen MR) is 121 cm³/mol. The van der Waals surface area contributed by atoms with Gasteiger partial charge in [-0.1, -0.05) is 23.5 Å². The van der Waals surface area contributed by atoms with Gasteiger partial charge in [-0.25, -0.2) is 9.97 Å². The second-order valence-corrected chi connectivity index (χ2v) is 8.89. The summed E-state index contributed by atoms with van der Waals surface area (Å²) in [7, 11) is 1.64. The first-order valence-electron chi connectivity index (χ1n) is 9.87. The maximum Gasteiger partial charge on any atom is 0.228 e. The van der Waals surface area contributed by atoms with Crippen LogP contribution in [0.3, 0.4) is 0 Å². The Morgan fingerprint density at radius 2 is 2.13 bits per heavy atom. The van der Waals surface area contributed by atoms with Gasteiger partial charge in [-0.3, -0.25) is 4.79 Å². The Kier molecular flexibility index (Phi) is 6.61. The van der Waals surface area contributed by atoms with Crippen molar-refractivity contribution in [3.63, 3.8) is 0 Å². The van der Waals surface area contributed by atoms with Crippen LogP contribution in [0.2, 0.25) is 0 Å². The molecule has 0 bridgehead atoms. The average Bonchev–Trinajstić information content (AvgIpc) is 3.35. The van der Waals surface area contributed by atoms with Crippen LogP contribution in [0, 0.1) is 6.92 Å². The number of anilines is 3. The molecule has 7 nitrogen and oxygen atoms in total. The molecular weight excluding hydrogens is 420 g/mol. The van der Waals surface area contributed by atoms with Crippen molar-refractivity contribution in [2.45, 2.75) is 38.7 Å². The fraction of sp³-hybridized carbons (Fsp3) is 0.381. The number of rotatable bonds is 7. The molecule has 1 saturated heterocycles. The number of benzene rings is 1. The van der Waals surface area contributed by atoms with Gasteiger partial charge in [-0.2, -0.15) is 0 Å². The summed E-state index contributed by atoms with van der Waals surface area (Å²) in [5.41, 5.74) is 2.54. The van der Waals surface area contributed by atoms with Crippen LogP contribution in [0.1, 0.15) is 31.4 Å². The van der Waals surface area contributed by atoms with Gasteiger partial charge in [-0.05, 0) is 38.3 Å². The minimum atomic E-state index is -0.0565. The summed E-state index contributed by atoms with van der Waals surface area (Å²) in [5, 5.41) is 9.56. The Labute approximate surface area is 183 Å². The highest BCUT2D eigenvalue weighted by molar-refractivity contribution is 7.20. The van der Waals surface area contributed by atoms with Crippen LogP contribution in [0.15, 0.2) is 29.6 Å². The largest absolute Gasteiger partial charge is 0.495 e. The number of nitrogens with zero attached hydrogens (tertiary/aromatic N) is 2. The van der Waals surface area contributed by atoms with Gasteiger partial charge in [0.05, 0.1) is 41.6 Å². The predicted octanol–water partition coefficient (Wildman–Crippen LogP) is 5.22. The number of amides is 1. The van der Waals surface area contributed by atoms with Crippen LogP contribution in [-0.2, 0) is 9.53 Å². The summed E-state index contributed by atoms with van der Waals surface area (Å²) in [4.78, 5) is 22.5. The van der Waals surface area contributed by atoms with Crippen molar-refractivity contribution in [3.05, 3.63) is 35.3 Å². The van der Waals surface area contributed by atoms with Crippen molar-refractivity contribution < 1.29 is 14.3 Å². The number of aromatic nitrogens is 2. The molecule has 158 valence electrons. The Balaban J connectivity index is 1.42. The maximum absolute atomic E-state index is 12.3. The van der Waals surface area contributed by atoms with Crippen molar-refractivity contribution in [3.8, 4) is 16.3 Å². The van der Waals surface area contributed by atoms with E-state index in [1.807, 2.05) is 36.6 Å². The van der Waals surface area contributed by atoms with Gasteiger partial charge in [-0.15, -0.1) is 11.3 Å². The van der Waals surface area contributed by atoms with E-state index in [9.17, 15) is 4.79 Å². The van der Waals surface area contributed by atoms with Crippen molar-refractivity contribution in [1.82, 2.24) is 9.97 Å². The molecule has 2 N–H and O–H groups in total. The van der Waals surface area contributed by atoms with Crippen molar-refractivity contribution in [1.29, 1.82) is 0 Å². The molecule has 1 atom stereocenters. The minimum absolute atomic E-state index is 0.0152. The Bertz CT molecular complexity index is 1010. The normalized spacial score (nSPS) is 16.3. The lowest BCUT2D eigenvalue weighted by Crippen LogP contribution is -2.25. The third-order valence-electron chi connectivity index (χ3n) is 4.82. The van der Waals surface area contributed by atoms with Crippen LogP contribution in [0.5, 0.6) is 5.75 Å². The molecule has 1 fully saturated rings. The molecule has 3 heterocycles. The summed E-state index contributed by atoms with van der Waals surface area (Å²) in [6, 6.07) is 7.72. The van der Waals surface area contributed by atoms with Crippen LogP contribution in [-0.4, -0.2) is 35.7 Å². The smallest absolute Gasteiger partial charge is 0.228 e. The van der Waals surface area contributed by atoms with Gasteiger partial charge < -0.3 is 20.1 Å². The lowest BCUT2D eigenvalue weighted by Gasteiger charge is -2.21.